The molecule has 24 heavy (non-hydrogen) atoms. The van der Waals surface area contributed by atoms with Gasteiger partial charge in [-0.15, -0.1) is 0 Å². The van der Waals surface area contributed by atoms with Crippen molar-refractivity contribution in [3.8, 4) is 0 Å². The van der Waals surface area contributed by atoms with Crippen molar-refractivity contribution in [3.63, 3.8) is 0 Å². The normalized spacial score (nSPS) is 31.4. The zero-order chi connectivity index (χ0) is 16.9. The molecule has 3 atom stereocenters. The number of amides is 1. The minimum Gasteiger partial charge on any atom is -0.376 e. The molecule has 0 aromatic carbocycles. The molecule has 3 aliphatic rings. The average Bonchev–Trinajstić information content (AvgIpc) is 2.54. The maximum absolute atomic E-state index is 13.1. The van der Waals surface area contributed by atoms with Gasteiger partial charge in [0.25, 0.3) is 5.56 Å². The van der Waals surface area contributed by atoms with Crippen LogP contribution < -0.4 is 5.56 Å². The number of likely N-dealkylation sites (tertiary alicyclic amines) is 1. The Kier molecular flexibility index (Phi) is 3.79. The fourth-order valence-electron chi connectivity index (χ4n) is 4.78. The van der Waals surface area contributed by atoms with Crippen LogP contribution in [0.4, 0.5) is 0 Å². The van der Waals surface area contributed by atoms with Gasteiger partial charge in [0, 0.05) is 49.8 Å². The summed E-state index contributed by atoms with van der Waals surface area (Å²) in [5, 5.41) is 0. The van der Waals surface area contributed by atoms with Crippen molar-refractivity contribution in [3.05, 3.63) is 34.2 Å². The molecule has 0 N–H and O–H groups in total. The average molecular weight is 330 g/mol. The largest absolute Gasteiger partial charge is 0.376 e. The fourth-order valence-corrected chi connectivity index (χ4v) is 4.78. The topological polar surface area (TPSA) is 51.5 Å². The van der Waals surface area contributed by atoms with E-state index < -0.39 is 0 Å². The van der Waals surface area contributed by atoms with E-state index >= 15 is 0 Å². The Morgan fingerprint density at radius 3 is 2.88 bits per heavy atom. The van der Waals surface area contributed by atoms with Crippen LogP contribution in [0.1, 0.15) is 44.7 Å². The van der Waals surface area contributed by atoms with Crippen LogP contribution in [0.5, 0.6) is 0 Å². The Morgan fingerprint density at radius 1 is 1.25 bits per heavy atom. The molecule has 1 aromatic heterocycles. The molecule has 0 spiro atoms. The van der Waals surface area contributed by atoms with E-state index in [0.717, 1.165) is 44.6 Å². The van der Waals surface area contributed by atoms with Crippen molar-refractivity contribution in [2.24, 2.45) is 11.8 Å². The lowest BCUT2D eigenvalue weighted by Crippen LogP contribution is -2.52. The zero-order valence-electron chi connectivity index (χ0n) is 14.5. The van der Waals surface area contributed by atoms with Crippen molar-refractivity contribution in [1.29, 1.82) is 0 Å². The van der Waals surface area contributed by atoms with E-state index in [0.29, 0.717) is 18.4 Å². The molecule has 1 aromatic rings. The van der Waals surface area contributed by atoms with Gasteiger partial charge in [0.15, 0.2) is 0 Å². The third kappa shape index (κ3) is 2.79. The van der Waals surface area contributed by atoms with Gasteiger partial charge in [0.05, 0.1) is 5.60 Å². The van der Waals surface area contributed by atoms with E-state index in [1.165, 1.54) is 0 Å². The zero-order valence-corrected chi connectivity index (χ0v) is 14.5. The molecule has 4 rings (SSSR count). The quantitative estimate of drug-likeness (QED) is 0.791. The Balaban J connectivity index is 1.54. The molecular weight excluding hydrogens is 304 g/mol. The highest BCUT2D eigenvalue weighted by Crippen LogP contribution is 2.37. The van der Waals surface area contributed by atoms with Crippen molar-refractivity contribution >= 4 is 5.91 Å². The highest BCUT2D eigenvalue weighted by atomic mass is 16.5. The Bertz CT molecular complexity index is 709. The van der Waals surface area contributed by atoms with Gasteiger partial charge >= 0.3 is 0 Å². The third-order valence-corrected chi connectivity index (χ3v) is 5.84. The number of rotatable bonds is 1. The van der Waals surface area contributed by atoms with Gasteiger partial charge in [-0.05, 0) is 45.1 Å². The molecule has 0 saturated carbocycles. The number of carbonyl (C=O) groups excluding carboxylic acids is 1. The second-order valence-corrected chi connectivity index (χ2v) is 8.24. The van der Waals surface area contributed by atoms with Crippen molar-refractivity contribution in [2.75, 3.05) is 19.7 Å². The van der Waals surface area contributed by atoms with Gasteiger partial charge in [-0.3, -0.25) is 9.59 Å². The first-order valence-corrected chi connectivity index (χ1v) is 9.05. The summed E-state index contributed by atoms with van der Waals surface area (Å²) in [7, 11) is 0. The summed E-state index contributed by atoms with van der Waals surface area (Å²) in [5.74, 6) is 1.05. The second-order valence-electron chi connectivity index (χ2n) is 8.24. The van der Waals surface area contributed by atoms with Crippen LogP contribution in [0.3, 0.4) is 0 Å². The van der Waals surface area contributed by atoms with Crippen LogP contribution in [0.2, 0.25) is 0 Å². The number of fused-ring (bicyclic) bond motifs is 4. The number of carbonyl (C=O) groups is 1. The van der Waals surface area contributed by atoms with E-state index in [1.54, 1.807) is 6.07 Å². The van der Waals surface area contributed by atoms with Crippen LogP contribution in [0.25, 0.3) is 0 Å². The highest BCUT2D eigenvalue weighted by molar-refractivity contribution is 5.79. The van der Waals surface area contributed by atoms with E-state index in [9.17, 15) is 9.59 Å². The summed E-state index contributed by atoms with van der Waals surface area (Å²) in [5.41, 5.74) is 0.987. The number of aromatic nitrogens is 1. The van der Waals surface area contributed by atoms with Gasteiger partial charge < -0.3 is 14.2 Å². The summed E-state index contributed by atoms with van der Waals surface area (Å²) < 4.78 is 7.67. The highest BCUT2D eigenvalue weighted by Gasteiger charge is 2.40. The molecule has 4 heterocycles. The van der Waals surface area contributed by atoms with Crippen molar-refractivity contribution in [1.82, 2.24) is 9.47 Å². The standard InChI is InChI=1S/C19H26N2O3/c1-19(2)9-14(6-7-24-19)18(23)20-10-13-8-15(12-20)16-4-3-5-17(22)21(16)11-13/h3-5,13-15H,6-12H2,1-2H3/t13-,14-,15+/m1/s1. The molecule has 3 aliphatic heterocycles. The van der Waals surface area contributed by atoms with E-state index in [-0.39, 0.29) is 23.0 Å². The molecule has 0 radical (unpaired) electrons. The van der Waals surface area contributed by atoms with Gasteiger partial charge in [-0.2, -0.15) is 0 Å². The molecule has 5 nitrogen and oxygen atoms in total. The fraction of sp³-hybridized carbons (Fsp3) is 0.684. The summed E-state index contributed by atoms with van der Waals surface area (Å²) in [6.45, 7) is 7.08. The number of nitrogens with zero attached hydrogens (tertiary/aromatic N) is 2. The number of hydrogen-bond donors (Lipinski definition) is 0. The summed E-state index contributed by atoms with van der Waals surface area (Å²) in [4.78, 5) is 27.2. The van der Waals surface area contributed by atoms with Gasteiger partial charge in [0.2, 0.25) is 5.91 Å². The van der Waals surface area contributed by atoms with Crippen LogP contribution in [-0.2, 0) is 16.1 Å². The van der Waals surface area contributed by atoms with Crippen LogP contribution >= 0.6 is 0 Å². The first-order valence-electron chi connectivity index (χ1n) is 9.05. The van der Waals surface area contributed by atoms with E-state index in [4.69, 9.17) is 4.74 Å². The molecule has 2 saturated heterocycles. The SMILES string of the molecule is CC1(C)C[C@H](C(=O)N2C[C@H]3C[C@@H](C2)c2cccc(=O)n2C3)CCO1. The molecular formula is C19H26N2O3. The van der Waals surface area contributed by atoms with Crippen molar-refractivity contribution in [2.45, 2.75) is 51.2 Å². The summed E-state index contributed by atoms with van der Waals surface area (Å²) in [6.07, 6.45) is 2.71. The molecule has 130 valence electrons. The summed E-state index contributed by atoms with van der Waals surface area (Å²) >= 11 is 0. The Labute approximate surface area is 142 Å². The molecule has 2 bridgehead atoms. The van der Waals surface area contributed by atoms with Gasteiger partial charge in [-0.1, -0.05) is 6.07 Å². The molecule has 1 amide bonds. The first-order chi connectivity index (χ1) is 11.4. The number of piperidine rings is 1. The van der Waals surface area contributed by atoms with Crippen LogP contribution in [0.15, 0.2) is 23.0 Å². The second kappa shape index (κ2) is 5.73. The predicted octanol–water partition coefficient (Wildman–Crippen LogP) is 2.00. The first kappa shape index (κ1) is 15.9. The van der Waals surface area contributed by atoms with E-state index in [1.807, 2.05) is 16.7 Å². The summed E-state index contributed by atoms with van der Waals surface area (Å²) in [6, 6.07) is 5.53. The number of hydrogen-bond acceptors (Lipinski definition) is 3. The maximum atomic E-state index is 13.1. The lowest BCUT2D eigenvalue weighted by Gasteiger charge is -2.45. The monoisotopic (exact) mass is 330 g/mol. The van der Waals surface area contributed by atoms with Crippen LogP contribution in [-0.4, -0.2) is 40.7 Å². The molecule has 2 fully saturated rings. The van der Waals surface area contributed by atoms with Crippen LogP contribution in [0, 0.1) is 11.8 Å². The number of pyridine rings is 1. The minimum absolute atomic E-state index is 0.0746. The maximum Gasteiger partial charge on any atom is 0.250 e. The number of ether oxygens (including phenoxy) is 1. The van der Waals surface area contributed by atoms with Crippen molar-refractivity contribution < 1.29 is 9.53 Å². The Hall–Kier alpha value is -1.62. The van der Waals surface area contributed by atoms with Gasteiger partial charge in [0.1, 0.15) is 0 Å². The molecule has 0 unspecified atom stereocenters. The Morgan fingerprint density at radius 2 is 2.08 bits per heavy atom. The minimum atomic E-state index is -0.204. The third-order valence-electron chi connectivity index (χ3n) is 5.84. The van der Waals surface area contributed by atoms with E-state index in [2.05, 4.69) is 18.7 Å². The molecule has 0 aliphatic carbocycles. The lowest BCUT2D eigenvalue weighted by molar-refractivity contribution is -0.148. The van der Waals surface area contributed by atoms with Gasteiger partial charge in [-0.25, -0.2) is 0 Å². The lowest BCUT2D eigenvalue weighted by atomic mass is 9.81. The molecule has 5 heteroatoms. The smallest absolute Gasteiger partial charge is 0.250 e. The predicted molar refractivity (Wildman–Crippen MR) is 90.9 cm³/mol.